The highest BCUT2D eigenvalue weighted by molar-refractivity contribution is 5.90. The predicted molar refractivity (Wildman–Crippen MR) is 115 cm³/mol. The molecule has 3 aromatic rings. The van der Waals surface area contributed by atoms with E-state index >= 15 is 4.39 Å². The van der Waals surface area contributed by atoms with Gasteiger partial charge in [0.25, 0.3) is 0 Å². The fourth-order valence-corrected chi connectivity index (χ4v) is 4.79. The maximum atomic E-state index is 15.1. The Balaban J connectivity index is 1.67. The summed E-state index contributed by atoms with van der Waals surface area (Å²) < 4.78 is 119. The first-order valence-corrected chi connectivity index (χ1v) is 11.3. The van der Waals surface area contributed by atoms with Gasteiger partial charge >= 0.3 is 6.11 Å². The molecular formula is C26H22F8O. The van der Waals surface area contributed by atoms with Crippen LogP contribution in [0.2, 0.25) is 0 Å². The second-order valence-electron chi connectivity index (χ2n) is 8.95. The fraction of sp³-hybridized carbons (Fsp3) is 0.385. The Morgan fingerprint density at radius 2 is 1.43 bits per heavy atom. The van der Waals surface area contributed by atoms with Gasteiger partial charge in [0, 0.05) is 5.56 Å². The van der Waals surface area contributed by atoms with Crippen LogP contribution in [0.1, 0.15) is 45.4 Å². The lowest BCUT2D eigenvalue weighted by Crippen LogP contribution is -2.37. The molecular weight excluding hydrogens is 480 g/mol. The van der Waals surface area contributed by atoms with Crippen LogP contribution in [-0.4, -0.2) is 6.11 Å². The maximum Gasteiger partial charge on any atom is 0.400 e. The minimum Gasteiger partial charge on any atom is -0.429 e. The molecule has 0 spiro atoms. The number of ether oxygens (including phenoxy) is 1. The Morgan fingerprint density at radius 3 is 2.03 bits per heavy atom. The molecule has 1 aliphatic rings. The normalized spacial score (nSPS) is 18.8. The molecule has 0 amide bonds. The van der Waals surface area contributed by atoms with Gasteiger partial charge in [0.2, 0.25) is 5.82 Å². The zero-order valence-electron chi connectivity index (χ0n) is 18.7. The van der Waals surface area contributed by atoms with E-state index in [2.05, 4.69) is 4.74 Å². The molecule has 9 heteroatoms. The van der Waals surface area contributed by atoms with Crippen LogP contribution in [0.3, 0.4) is 0 Å². The van der Waals surface area contributed by atoms with E-state index in [0.29, 0.717) is 30.9 Å². The quantitative estimate of drug-likeness (QED) is 0.242. The molecule has 0 aromatic heterocycles. The molecule has 3 aromatic carbocycles. The molecule has 4 rings (SSSR count). The Kier molecular flexibility index (Phi) is 6.97. The Morgan fingerprint density at radius 1 is 0.800 bits per heavy atom. The molecule has 0 heterocycles. The molecule has 1 saturated carbocycles. The summed E-state index contributed by atoms with van der Waals surface area (Å²) in [5.74, 6) is -11.8. The summed E-state index contributed by atoms with van der Waals surface area (Å²) in [6.07, 6.45) is -0.341. The van der Waals surface area contributed by atoms with Gasteiger partial charge in [0.05, 0.1) is 11.3 Å². The van der Waals surface area contributed by atoms with Crippen molar-refractivity contribution in [3.63, 3.8) is 0 Å². The van der Waals surface area contributed by atoms with Gasteiger partial charge in [-0.2, -0.15) is 13.2 Å². The SMILES string of the molecule is CCCC1CCC(C(F)(F)Oc2cc3ccc(-c4cc(F)c(F)c(F)c4)c(F)c3c(F)c2F)CC1. The summed E-state index contributed by atoms with van der Waals surface area (Å²) in [6, 6.07) is 3.83. The molecule has 0 atom stereocenters. The van der Waals surface area contributed by atoms with Gasteiger partial charge in [0.15, 0.2) is 29.0 Å². The van der Waals surface area contributed by atoms with Crippen LogP contribution in [0.25, 0.3) is 21.9 Å². The van der Waals surface area contributed by atoms with Gasteiger partial charge in [-0.1, -0.05) is 31.9 Å². The molecule has 0 aliphatic heterocycles. The first kappa shape index (κ1) is 25.3. The van der Waals surface area contributed by atoms with Crippen LogP contribution in [0, 0.1) is 46.7 Å². The molecule has 0 bridgehead atoms. The van der Waals surface area contributed by atoms with Crippen molar-refractivity contribution in [2.24, 2.45) is 11.8 Å². The van der Waals surface area contributed by atoms with E-state index in [1.807, 2.05) is 6.92 Å². The first-order chi connectivity index (χ1) is 16.5. The lowest BCUT2D eigenvalue weighted by atomic mass is 9.79. The minimum absolute atomic E-state index is 0.179. The van der Waals surface area contributed by atoms with Crippen molar-refractivity contribution < 1.29 is 39.9 Å². The Hall–Kier alpha value is -2.84. The van der Waals surface area contributed by atoms with Crippen molar-refractivity contribution in [3.05, 3.63) is 65.2 Å². The number of hydrogen-bond donors (Lipinski definition) is 0. The third-order valence-corrected chi connectivity index (χ3v) is 6.65. The number of halogens is 8. The Bertz CT molecular complexity index is 1230. The van der Waals surface area contributed by atoms with Crippen LogP contribution >= 0.6 is 0 Å². The van der Waals surface area contributed by atoms with Gasteiger partial charge in [0.1, 0.15) is 5.82 Å². The minimum atomic E-state index is -3.76. The topological polar surface area (TPSA) is 9.23 Å². The number of benzene rings is 3. The van der Waals surface area contributed by atoms with Gasteiger partial charge in [-0.15, -0.1) is 0 Å². The van der Waals surface area contributed by atoms with Crippen molar-refractivity contribution in [2.45, 2.75) is 51.6 Å². The molecule has 0 N–H and O–H groups in total. The van der Waals surface area contributed by atoms with E-state index in [1.165, 1.54) is 0 Å². The van der Waals surface area contributed by atoms with Crippen molar-refractivity contribution in [2.75, 3.05) is 0 Å². The van der Waals surface area contributed by atoms with E-state index in [4.69, 9.17) is 0 Å². The third-order valence-electron chi connectivity index (χ3n) is 6.65. The second-order valence-corrected chi connectivity index (χ2v) is 8.95. The molecule has 0 saturated heterocycles. The smallest absolute Gasteiger partial charge is 0.400 e. The first-order valence-electron chi connectivity index (χ1n) is 11.3. The number of hydrogen-bond acceptors (Lipinski definition) is 1. The zero-order chi connectivity index (χ0) is 25.5. The van der Waals surface area contributed by atoms with E-state index < -0.39 is 69.2 Å². The average molecular weight is 502 g/mol. The summed E-state index contributed by atoms with van der Waals surface area (Å²) in [7, 11) is 0. The van der Waals surface area contributed by atoms with E-state index in [1.54, 1.807) is 0 Å². The monoisotopic (exact) mass is 502 g/mol. The van der Waals surface area contributed by atoms with Crippen molar-refractivity contribution in [1.82, 2.24) is 0 Å². The fourth-order valence-electron chi connectivity index (χ4n) is 4.79. The highest BCUT2D eigenvalue weighted by Crippen LogP contribution is 2.43. The highest BCUT2D eigenvalue weighted by atomic mass is 19.3. The van der Waals surface area contributed by atoms with Crippen LogP contribution in [-0.2, 0) is 0 Å². The van der Waals surface area contributed by atoms with E-state index in [0.717, 1.165) is 31.0 Å². The summed E-state index contributed by atoms with van der Waals surface area (Å²) >= 11 is 0. The van der Waals surface area contributed by atoms with E-state index in [9.17, 15) is 30.7 Å². The third kappa shape index (κ3) is 4.82. The zero-order valence-corrected chi connectivity index (χ0v) is 18.7. The van der Waals surface area contributed by atoms with Crippen molar-refractivity contribution >= 4 is 10.8 Å². The molecule has 188 valence electrons. The maximum absolute atomic E-state index is 15.1. The summed E-state index contributed by atoms with van der Waals surface area (Å²) in [5.41, 5.74) is -0.984. The van der Waals surface area contributed by atoms with Gasteiger partial charge in [-0.05, 0) is 60.7 Å². The predicted octanol–water partition coefficient (Wildman–Crippen LogP) is 8.92. The standard InChI is InChI=1S/C26H22F8O/c1-2-3-13-4-7-16(8-5-13)26(33,34)35-20-12-14-6-9-17(22(29)21(14)25(32)24(20)31)15-10-18(27)23(30)19(28)11-15/h6,9-13,16H,2-5,7-8H2,1H3. The molecule has 1 fully saturated rings. The molecule has 35 heavy (non-hydrogen) atoms. The average Bonchev–Trinajstić information content (AvgIpc) is 2.81. The molecule has 1 aliphatic carbocycles. The van der Waals surface area contributed by atoms with Crippen LogP contribution in [0.4, 0.5) is 35.1 Å². The molecule has 0 unspecified atom stereocenters. The lowest BCUT2D eigenvalue weighted by molar-refractivity contribution is -0.224. The summed E-state index contributed by atoms with van der Waals surface area (Å²) in [5, 5.41) is -1.22. The van der Waals surface area contributed by atoms with Crippen LogP contribution in [0.5, 0.6) is 5.75 Å². The van der Waals surface area contributed by atoms with Crippen molar-refractivity contribution in [3.8, 4) is 16.9 Å². The molecule has 0 radical (unpaired) electrons. The number of fused-ring (bicyclic) bond motifs is 1. The largest absolute Gasteiger partial charge is 0.429 e. The van der Waals surface area contributed by atoms with Gasteiger partial charge < -0.3 is 4.74 Å². The lowest BCUT2D eigenvalue weighted by Gasteiger charge is -2.33. The van der Waals surface area contributed by atoms with Crippen LogP contribution < -0.4 is 4.74 Å². The molecule has 1 nitrogen and oxygen atoms in total. The second kappa shape index (κ2) is 9.66. The van der Waals surface area contributed by atoms with Gasteiger partial charge in [-0.3, -0.25) is 0 Å². The summed E-state index contributed by atoms with van der Waals surface area (Å²) in [4.78, 5) is 0. The summed E-state index contributed by atoms with van der Waals surface area (Å²) in [6.45, 7) is 2.02. The van der Waals surface area contributed by atoms with E-state index in [-0.39, 0.29) is 18.2 Å². The highest BCUT2D eigenvalue weighted by Gasteiger charge is 2.44. The van der Waals surface area contributed by atoms with Crippen LogP contribution in [0.15, 0.2) is 30.3 Å². The van der Waals surface area contributed by atoms with Gasteiger partial charge in [-0.25, -0.2) is 22.0 Å². The number of alkyl halides is 2. The number of rotatable bonds is 6. The Labute approximate surface area is 196 Å². The van der Waals surface area contributed by atoms with Crippen molar-refractivity contribution in [1.29, 1.82) is 0 Å².